The fraction of sp³-hybridized carbons (Fsp3) is 0.625. The molecule has 0 heterocycles. The van der Waals surface area contributed by atoms with Crippen molar-refractivity contribution >= 4 is 0 Å². The van der Waals surface area contributed by atoms with Crippen molar-refractivity contribution in [2.45, 2.75) is 65.6 Å². The lowest BCUT2D eigenvalue weighted by Gasteiger charge is -2.20. The van der Waals surface area contributed by atoms with Gasteiger partial charge in [0.15, 0.2) is 0 Å². The number of benzene rings is 1. The third-order valence-corrected chi connectivity index (χ3v) is 3.44. The Hall–Kier alpha value is -1.02. The lowest BCUT2D eigenvalue weighted by molar-refractivity contribution is 0.217. The summed E-state index contributed by atoms with van der Waals surface area (Å²) in [6.07, 6.45) is 2.47. The molecule has 1 aromatic carbocycles. The van der Waals surface area contributed by atoms with Crippen molar-refractivity contribution in [2.24, 2.45) is 0 Å². The number of ether oxygens (including phenoxy) is 1. The first-order valence-corrected chi connectivity index (χ1v) is 7.09. The minimum atomic E-state index is 0.284. The Balaban J connectivity index is 2.59. The lowest BCUT2D eigenvalue weighted by atomic mass is 10.1. The van der Waals surface area contributed by atoms with Gasteiger partial charge in [-0.3, -0.25) is 0 Å². The van der Waals surface area contributed by atoms with Crippen LogP contribution in [0.4, 0.5) is 0 Å². The van der Waals surface area contributed by atoms with Crippen molar-refractivity contribution < 1.29 is 4.74 Å². The molecule has 0 aliphatic rings. The van der Waals surface area contributed by atoms with Gasteiger partial charge in [0.25, 0.3) is 0 Å². The molecule has 102 valence electrons. The van der Waals surface area contributed by atoms with Gasteiger partial charge in [0.1, 0.15) is 5.75 Å². The van der Waals surface area contributed by atoms with Crippen LogP contribution >= 0.6 is 0 Å². The van der Waals surface area contributed by atoms with E-state index in [0.29, 0.717) is 12.1 Å². The summed E-state index contributed by atoms with van der Waals surface area (Å²) in [7, 11) is 0. The largest absolute Gasteiger partial charge is 0.491 e. The van der Waals surface area contributed by atoms with E-state index in [1.165, 1.54) is 5.56 Å². The molecule has 0 radical (unpaired) electrons. The highest BCUT2D eigenvalue weighted by Gasteiger charge is 2.08. The summed E-state index contributed by atoms with van der Waals surface area (Å²) in [6, 6.07) is 9.37. The van der Waals surface area contributed by atoms with Gasteiger partial charge >= 0.3 is 0 Å². The van der Waals surface area contributed by atoms with Crippen molar-refractivity contribution in [2.75, 3.05) is 0 Å². The van der Waals surface area contributed by atoms with Gasteiger partial charge in [-0.25, -0.2) is 0 Å². The second-order valence-electron chi connectivity index (χ2n) is 5.10. The number of rotatable bonds is 7. The average Bonchev–Trinajstić information content (AvgIpc) is 2.39. The van der Waals surface area contributed by atoms with Crippen LogP contribution in [0.2, 0.25) is 0 Å². The molecule has 1 aromatic rings. The molecule has 0 saturated carbocycles. The normalized spacial score (nSPS) is 16.1. The highest BCUT2D eigenvalue weighted by atomic mass is 16.5. The van der Waals surface area contributed by atoms with Gasteiger partial charge in [-0.1, -0.05) is 26.0 Å². The van der Waals surface area contributed by atoms with Gasteiger partial charge in [0, 0.05) is 12.1 Å². The smallest absolute Gasteiger partial charge is 0.119 e. The highest BCUT2D eigenvalue weighted by Crippen LogP contribution is 2.19. The monoisotopic (exact) mass is 249 g/mol. The molecule has 0 fully saturated rings. The third-order valence-electron chi connectivity index (χ3n) is 3.44. The van der Waals surface area contributed by atoms with Crippen LogP contribution in [0, 0.1) is 0 Å². The summed E-state index contributed by atoms with van der Waals surface area (Å²) in [5, 5.41) is 3.58. The molecule has 0 aliphatic heterocycles. The van der Waals surface area contributed by atoms with E-state index in [1.54, 1.807) is 0 Å². The zero-order chi connectivity index (χ0) is 13.5. The summed E-state index contributed by atoms with van der Waals surface area (Å²) < 4.78 is 5.78. The van der Waals surface area contributed by atoms with Crippen molar-refractivity contribution in [1.29, 1.82) is 0 Å². The molecular formula is C16H27NO. The Morgan fingerprint density at radius 2 is 1.61 bits per heavy atom. The van der Waals surface area contributed by atoms with Crippen LogP contribution in [0.15, 0.2) is 24.3 Å². The molecule has 0 unspecified atom stereocenters. The van der Waals surface area contributed by atoms with Gasteiger partial charge in [0.2, 0.25) is 0 Å². The van der Waals surface area contributed by atoms with Crippen LogP contribution in [0.3, 0.4) is 0 Å². The maximum absolute atomic E-state index is 5.78. The molecule has 1 N–H and O–H groups in total. The zero-order valence-electron chi connectivity index (χ0n) is 12.4. The third kappa shape index (κ3) is 4.69. The number of hydrogen-bond acceptors (Lipinski definition) is 2. The van der Waals surface area contributed by atoms with E-state index in [4.69, 9.17) is 4.74 Å². The van der Waals surface area contributed by atoms with E-state index in [-0.39, 0.29) is 6.10 Å². The number of nitrogens with one attached hydrogen (secondary N) is 1. The highest BCUT2D eigenvalue weighted by molar-refractivity contribution is 5.29. The molecule has 0 aromatic heterocycles. The SMILES string of the molecule is CC[C@H](C)N[C@H](C)c1ccc(O[C@@H](C)CC)cc1. The lowest BCUT2D eigenvalue weighted by Crippen LogP contribution is -2.28. The molecule has 2 heteroatoms. The molecular weight excluding hydrogens is 222 g/mol. The Bertz CT molecular complexity index is 333. The van der Waals surface area contributed by atoms with Crippen LogP contribution in [0.1, 0.15) is 59.1 Å². The topological polar surface area (TPSA) is 21.3 Å². The minimum Gasteiger partial charge on any atom is -0.491 e. The van der Waals surface area contributed by atoms with Crippen LogP contribution in [0.5, 0.6) is 5.75 Å². The maximum atomic E-state index is 5.78. The van der Waals surface area contributed by atoms with E-state index in [1.807, 2.05) is 0 Å². The minimum absolute atomic E-state index is 0.284. The van der Waals surface area contributed by atoms with E-state index in [9.17, 15) is 0 Å². The van der Waals surface area contributed by atoms with Crippen molar-refractivity contribution in [3.8, 4) is 5.75 Å². The van der Waals surface area contributed by atoms with Crippen LogP contribution in [-0.2, 0) is 0 Å². The van der Waals surface area contributed by atoms with Crippen LogP contribution in [0.25, 0.3) is 0 Å². The Labute approximate surface area is 112 Å². The fourth-order valence-electron chi connectivity index (χ4n) is 1.79. The quantitative estimate of drug-likeness (QED) is 0.777. The second-order valence-corrected chi connectivity index (χ2v) is 5.10. The predicted octanol–water partition coefficient (Wildman–Crippen LogP) is 4.31. The van der Waals surface area contributed by atoms with Gasteiger partial charge in [0.05, 0.1) is 6.10 Å². The second kappa shape index (κ2) is 7.42. The van der Waals surface area contributed by atoms with Crippen molar-refractivity contribution in [1.82, 2.24) is 5.32 Å². The first kappa shape index (κ1) is 15.0. The Kier molecular flexibility index (Phi) is 6.20. The first-order valence-electron chi connectivity index (χ1n) is 7.09. The molecule has 0 saturated heterocycles. The van der Waals surface area contributed by atoms with Crippen molar-refractivity contribution in [3.63, 3.8) is 0 Å². The van der Waals surface area contributed by atoms with E-state index >= 15 is 0 Å². The molecule has 3 atom stereocenters. The molecule has 18 heavy (non-hydrogen) atoms. The van der Waals surface area contributed by atoms with E-state index < -0.39 is 0 Å². The summed E-state index contributed by atoms with van der Waals surface area (Å²) in [6.45, 7) is 10.9. The Morgan fingerprint density at radius 1 is 1.00 bits per heavy atom. The van der Waals surface area contributed by atoms with Gasteiger partial charge < -0.3 is 10.1 Å². The van der Waals surface area contributed by atoms with Crippen LogP contribution in [-0.4, -0.2) is 12.1 Å². The summed E-state index contributed by atoms with van der Waals surface area (Å²) in [5.41, 5.74) is 1.31. The molecule has 0 aliphatic carbocycles. The summed E-state index contributed by atoms with van der Waals surface area (Å²) >= 11 is 0. The summed E-state index contributed by atoms with van der Waals surface area (Å²) in [5.74, 6) is 0.962. The zero-order valence-corrected chi connectivity index (χ0v) is 12.4. The first-order chi connectivity index (χ1) is 8.56. The Morgan fingerprint density at radius 3 is 2.11 bits per heavy atom. The predicted molar refractivity (Wildman–Crippen MR) is 78.1 cm³/mol. The van der Waals surface area contributed by atoms with Gasteiger partial charge in [-0.05, 0) is 51.3 Å². The van der Waals surface area contributed by atoms with E-state index in [2.05, 4.69) is 64.2 Å². The fourth-order valence-corrected chi connectivity index (χ4v) is 1.79. The van der Waals surface area contributed by atoms with Gasteiger partial charge in [-0.2, -0.15) is 0 Å². The van der Waals surface area contributed by atoms with Crippen molar-refractivity contribution in [3.05, 3.63) is 29.8 Å². The number of hydrogen-bond donors (Lipinski definition) is 1. The molecule has 2 nitrogen and oxygen atoms in total. The molecule has 0 amide bonds. The van der Waals surface area contributed by atoms with Crippen LogP contribution < -0.4 is 10.1 Å². The molecule has 0 bridgehead atoms. The average molecular weight is 249 g/mol. The molecule has 0 spiro atoms. The standard InChI is InChI=1S/C16H27NO/c1-6-12(3)17-14(5)15-8-10-16(11-9-15)18-13(4)7-2/h8-14,17H,6-7H2,1-5H3/t12-,13-,14+/m0/s1. The maximum Gasteiger partial charge on any atom is 0.119 e. The van der Waals surface area contributed by atoms with E-state index in [0.717, 1.165) is 18.6 Å². The summed E-state index contributed by atoms with van der Waals surface area (Å²) in [4.78, 5) is 0. The molecule has 1 rings (SSSR count). The van der Waals surface area contributed by atoms with Gasteiger partial charge in [-0.15, -0.1) is 0 Å².